The molecule has 114 valence electrons. The number of halogens is 1. The first-order valence-electron chi connectivity index (χ1n) is 6.76. The Morgan fingerprint density at radius 3 is 2.95 bits per heavy atom. The molecule has 5 nitrogen and oxygen atoms in total. The molecule has 2 aromatic rings. The Morgan fingerprint density at radius 1 is 1.57 bits per heavy atom. The molecule has 3 rings (SSSR count). The Kier molecular flexibility index (Phi) is 3.61. The number of aliphatic hydroxyl groups is 2. The van der Waals surface area contributed by atoms with Crippen molar-refractivity contribution in [1.82, 2.24) is 4.98 Å². The van der Waals surface area contributed by atoms with Gasteiger partial charge in [0.2, 0.25) is 0 Å². The first-order chi connectivity index (χ1) is 10.0. The van der Waals surface area contributed by atoms with Gasteiger partial charge in [-0.25, -0.2) is 4.39 Å². The van der Waals surface area contributed by atoms with E-state index in [1.54, 1.807) is 24.6 Å². The number of rotatable bonds is 3. The molecular weight excluding hydrogens is 295 g/mol. The third-order valence-corrected chi connectivity index (χ3v) is 5.21. The van der Waals surface area contributed by atoms with Crippen LogP contribution in [-0.4, -0.2) is 39.7 Å². The van der Waals surface area contributed by atoms with Crippen molar-refractivity contribution in [2.24, 2.45) is 0 Å². The number of nitrogen functional groups attached to an aromatic ring is 1. The molecule has 4 atom stereocenters. The van der Waals surface area contributed by atoms with Crippen molar-refractivity contribution in [2.45, 2.75) is 37.3 Å². The minimum Gasteiger partial charge on any atom is -0.397 e. The molecule has 0 spiro atoms. The van der Waals surface area contributed by atoms with Crippen LogP contribution < -0.4 is 5.73 Å². The molecule has 2 aromatic heterocycles. The number of nitrogens with two attached hydrogens (primary N) is 1. The Balaban J connectivity index is 2.06. The largest absolute Gasteiger partial charge is 0.397 e. The summed E-state index contributed by atoms with van der Waals surface area (Å²) in [5, 5.41) is 21.3. The lowest BCUT2D eigenvalue weighted by Gasteiger charge is -2.28. The SMILES string of the molecule is CC[C@]1(CO)O[C@@H](c2csc3c(N)ccnc23)[C@H](F)[C@@H]1O. The van der Waals surface area contributed by atoms with Gasteiger partial charge in [-0.1, -0.05) is 6.92 Å². The fourth-order valence-electron chi connectivity index (χ4n) is 2.79. The van der Waals surface area contributed by atoms with E-state index in [1.807, 2.05) is 0 Å². The molecule has 1 aliphatic heterocycles. The average molecular weight is 312 g/mol. The van der Waals surface area contributed by atoms with Gasteiger partial charge in [0.1, 0.15) is 17.8 Å². The van der Waals surface area contributed by atoms with Crippen LogP contribution in [0.15, 0.2) is 17.6 Å². The van der Waals surface area contributed by atoms with E-state index in [1.165, 1.54) is 11.3 Å². The summed E-state index contributed by atoms with van der Waals surface area (Å²) in [6.45, 7) is 1.32. The smallest absolute Gasteiger partial charge is 0.159 e. The minimum atomic E-state index is -1.61. The second-order valence-corrected chi connectivity index (χ2v) is 6.15. The Morgan fingerprint density at radius 2 is 2.33 bits per heavy atom. The summed E-state index contributed by atoms with van der Waals surface area (Å²) >= 11 is 1.37. The van der Waals surface area contributed by atoms with E-state index in [9.17, 15) is 14.6 Å². The van der Waals surface area contributed by atoms with E-state index in [4.69, 9.17) is 10.5 Å². The van der Waals surface area contributed by atoms with Gasteiger partial charge in [-0.05, 0) is 17.9 Å². The van der Waals surface area contributed by atoms with Gasteiger partial charge in [-0.2, -0.15) is 0 Å². The second kappa shape index (κ2) is 5.17. The van der Waals surface area contributed by atoms with Gasteiger partial charge >= 0.3 is 0 Å². The summed E-state index contributed by atoms with van der Waals surface area (Å²) in [6.07, 6.45) is -2.05. The molecule has 0 bridgehead atoms. The lowest BCUT2D eigenvalue weighted by molar-refractivity contribution is -0.114. The van der Waals surface area contributed by atoms with Crippen LogP contribution in [0.4, 0.5) is 10.1 Å². The summed E-state index contributed by atoms with van der Waals surface area (Å²) in [6, 6.07) is 1.68. The van der Waals surface area contributed by atoms with E-state index in [0.29, 0.717) is 23.2 Å². The molecular formula is C14H17FN2O3S. The fraction of sp³-hybridized carbons (Fsp3) is 0.500. The number of alkyl halides is 1. The van der Waals surface area contributed by atoms with E-state index < -0.39 is 30.6 Å². The van der Waals surface area contributed by atoms with Crippen LogP contribution in [0.1, 0.15) is 25.0 Å². The average Bonchev–Trinajstić information content (AvgIpc) is 3.02. The Labute approximate surface area is 125 Å². The number of aromatic nitrogens is 1. The molecule has 3 heterocycles. The zero-order valence-corrected chi connectivity index (χ0v) is 12.3. The number of fused-ring (bicyclic) bond motifs is 1. The molecule has 1 fully saturated rings. The number of thiophene rings is 1. The summed E-state index contributed by atoms with van der Waals surface area (Å²) < 4.78 is 21.0. The van der Waals surface area contributed by atoms with Crippen molar-refractivity contribution >= 4 is 27.2 Å². The number of hydrogen-bond acceptors (Lipinski definition) is 6. The van der Waals surface area contributed by atoms with Crippen molar-refractivity contribution in [2.75, 3.05) is 12.3 Å². The zero-order chi connectivity index (χ0) is 15.2. The maximum absolute atomic E-state index is 14.5. The van der Waals surface area contributed by atoms with Crippen LogP contribution in [0.3, 0.4) is 0 Å². The van der Waals surface area contributed by atoms with E-state index in [2.05, 4.69) is 4.98 Å². The number of ether oxygens (including phenoxy) is 1. The van der Waals surface area contributed by atoms with E-state index >= 15 is 0 Å². The quantitative estimate of drug-likeness (QED) is 0.804. The van der Waals surface area contributed by atoms with Crippen molar-refractivity contribution in [3.8, 4) is 0 Å². The van der Waals surface area contributed by atoms with Gasteiger partial charge in [0, 0.05) is 11.8 Å². The normalized spacial score (nSPS) is 32.9. The van der Waals surface area contributed by atoms with Crippen molar-refractivity contribution < 1.29 is 19.3 Å². The summed E-state index contributed by atoms with van der Waals surface area (Å²) in [4.78, 5) is 4.25. The number of anilines is 1. The number of aliphatic hydroxyl groups excluding tert-OH is 2. The first kappa shape index (κ1) is 14.6. The first-order valence-corrected chi connectivity index (χ1v) is 7.64. The monoisotopic (exact) mass is 312 g/mol. The number of pyridine rings is 1. The molecule has 0 amide bonds. The third kappa shape index (κ3) is 2.03. The van der Waals surface area contributed by atoms with Gasteiger partial charge in [0.05, 0.1) is 22.5 Å². The molecule has 0 saturated carbocycles. The lowest BCUT2D eigenvalue weighted by Crippen LogP contribution is -2.44. The van der Waals surface area contributed by atoms with Crippen LogP contribution in [-0.2, 0) is 4.74 Å². The van der Waals surface area contributed by atoms with E-state index in [0.717, 1.165) is 4.70 Å². The molecule has 4 N–H and O–H groups in total. The van der Waals surface area contributed by atoms with Gasteiger partial charge in [0.25, 0.3) is 0 Å². The second-order valence-electron chi connectivity index (χ2n) is 5.27. The Hall–Kier alpha value is -1.28. The van der Waals surface area contributed by atoms with Crippen LogP contribution in [0, 0.1) is 0 Å². The molecule has 0 radical (unpaired) electrons. The number of nitrogens with zero attached hydrogens (tertiary/aromatic N) is 1. The maximum atomic E-state index is 14.5. The molecule has 0 aliphatic carbocycles. The van der Waals surface area contributed by atoms with Crippen molar-refractivity contribution in [1.29, 1.82) is 0 Å². The predicted octanol–water partition coefficient (Wildman–Crippen LogP) is 1.79. The van der Waals surface area contributed by atoms with Gasteiger partial charge in [0.15, 0.2) is 6.17 Å². The maximum Gasteiger partial charge on any atom is 0.159 e. The zero-order valence-electron chi connectivity index (χ0n) is 11.5. The van der Waals surface area contributed by atoms with Gasteiger partial charge < -0.3 is 20.7 Å². The van der Waals surface area contributed by atoms with Crippen LogP contribution in [0.2, 0.25) is 0 Å². The molecule has 0 unspecified atom stereocenters. The van der Waals surface area contributed by atoms with Gasteiger partial charge in [-0.15, -0.1) is 11.3 Å². The highest BCUT2D eigenvalue weighted by atomic mass is 32.1. The molecule has 7 heteroatoms. The molecule has 0 aromatic carbocycles. The topological polar surface area (TPSA) is 88.6 Å². The number of hydrogen-bond donors (Lipinski definition) is 3. The predicted molar refractivity (Wildman–Crippen MR) is 78.9 cm³/mol. The van der Waals surface area contributed by atoms with E-state index in [-0.39, 0.29) is 0 Å². The van der Waals surface area contributed by atoms with Gasteiger partial charge in [-0.3, -0.25) is 4.98 Å². The summed E-state index contributed by atoms with van der Waals surface area (Å²) in [5.41, 5.74) is 6.35. The Bertz CT molecular complexity index is 659. The van der Waals surface area contributed by atoms with Crippen molar-refractivity contribution in [3.05, 3.63) is 23.2 Å². The van der Waals surface area contributed by atoms with Crippen LogP contribution >= 0.6 is 11.3 Å². The summed E-state index contributed by atoms with van der Waals surface area (Å²) in [7, 11) is 0. The van der Waals surface area contributed by atoms with Crippen LogP contribution in [0.5, 0.6) is 0 Å². The highest BCUT2D eigenvalue weighted by molar-refractivity contribution is 7.18. The molecule has 1 saturated heterocycles. The summed E-state index contributed by atoms with van der Waals surface area (Å²) in [5.74, 6) is 0. The third-order valence-electron chi connectivity index (χ3n) is 4.18. The standard InChI is InChI=1S/C14H17FN2O3S/c1-2-14(6-18)13(19)9(15)11(20-14)7-5-21-12-8(16)3-4-17-10(7)12/h3-5,9,11,13,18-19H,2,6H2,1H3,(H2,16,17)/t9-,11-,13-,14+/m0/s1. The van der Waals surface area contributed by atoms with Crippen molar-refractivity contribution in [3.63, 3.8) is 0 Å². The molecule has 1 aliphatic rings. The molecule has 21 heavy (non-hydrogen) atoms. The lowest BCUT2D eigenvalue weighted by atomic mass is 9.92. The van der Waals surface area contributed by atoms with Crippen LogP contribution in [0.25, 0.3) is 10.2 Å². The highest BCUT2D eigenvalue weighted by Crippen LogP contribution is 2.46. The fourth-order valence-corrected chi connectivity index (χ4v) is 3.76. The highest BCUT2D eigenvalue weighted by Gasteiger charge is 2.54. The minimum absolute atomic E-state index is 0.319.